The molecular formula is C13H14FN3O2. The van der Waals surface area contributed by atoms with Crippen LogP contribution in [0.3, 0.4) is 0 Å². The van der Waals surface area contributed by atoms with Crippen molar-refractivity contribution in [1.82, 2.24) is 15.3 Å². The van der Waals surface area contributed by atoms with Gasteiger partial charge in [-0.15, -0.1) is 0 Å². The molecule has 2 aromatic rings. The zero-order valence-corrected chi connectivity index (χ0v) is 10.4. The first-order chi connectivity index (χ1) is 9.11. The molecule has 0 saturated carbocycles. The zero-order chi connectivity index (χ0) is 13.8. The standard InChI is InChI=1S/C13H14FN3O2/c1-15-6-5-10-16-12(18)11(13(19)17-10)8-3-2-4-9(14)7-8/h2-4,7,15H,5-6H2,1H3,(H2,16,17,18,19). The Morgan fingerprint density at radius 3 is 2.89 bits per heavy atom. The van der Waals surface area contributed by atoms with Crippen molar-refractivity contribution in [3.8, 4) is 17.0 Å². The van der Waals surface area contributed by atoms with Crippen molar-refractivity contribution in [2.45, 2.75) is 6.42 Å². The molecule has 100 valence electrons. The summed E-state index contributed by atoms with van der Waals surface area (Å²) in [6, 6.07) is 5.46. The molecule has 0 amide bonds. The number of benzene rings is 1. The Morgan fingerprint density at radius 1 is 1.47 bits per heavy atom. The summed E-state index contributed by atoms with van der Waals surface area (Å²) in [5.41, 5.74) is -0.205. The number of aromatic amines is 1. The molecule has 0 atom stereocenters. The summed E-state index contributed by atoms with van der Waals surface area (Å²) in [6.45, 7) is 0.627. The minimum absolute atomic E-state index is 0.0206. The summed E-state index contributed by atoms with van der Waals surface area (Å²) in [6.07, 6.45) is 0.489. The molecule has 19 heavy (non-hydrogen) atoms. The van der Waals surface area contributed by atoms with E-state index in [9.17, 15) is 14.3 Å². The maximum absolute atomic E-state index is 13.1. The number of H-pyrrole nitrogens is 1. The lowest BCUT2D eigenvalue weighted by Gasteiger charge is -2.06. The summed E-state index contributed by atoms with van der Waals surface area (Å²) in [5.74, 6) is -0.479. The topological polar surface area (TPSA) is 78.0 Å². The molecule has 0 aliphatic carbocycles. The molecule has 5 nitrogen and oxygen atoms in total. The predicted octanol–water partition coefficient (Wildman–Crippen LogP) is 1.04. The molecule has 1 aromatic carbocycles. The first kappa shape index (κ1) is 13.2. The second-order valence-electron chi connectivity index (χ2n) is 4.08. The second kappa shape index (κ2) is 5.62. The number of hydrogen-bond acceptors (Lipinski definition) is 4. The van der Waals surface area contributed by atoms with Crippen molar-refractivity contribution in [3.63, 3.8) is 0 Å². The van der Waals surface area contributed by atoms with Crippen LogP contribution >= 0.6 is 0 Å². The number of halogens is 1. The summed E-state index contributed by atoms with van der Waals surface area (Å²) >= 11 is 0. The zero-order valence-electron chi connectivity index (χ0n) is 10.4. The maximum Gasteiger partial charge on any atom is 0.262 e. The molecule has 0 bridgehead atoms. The van der Waals surface area contributed by atoms with Crippen LogP contribution in [-0.4, -0.2) is 28.7 Å². The van der Waals surface area contributed by atoms with Crippen molar-refractivity contribution in [2.24, 2.45) is 0 Å². The molecule has 1 heterocycles. The monoisotopic (exact) mass is 263 g/mol. The van der Waals surface area contributed by atoms with Gasteiger partial charge in [-0.05, 0) is 24.7 Å². The van der Waals surface area contributed by atoms with E-state index in [1.54, 1.807) is 13.1 Å². The molecule has 0 fully saturated rings. The average Bonchev–Trinajstić information content (AvgIpc) is 2.35. The molecule has 0 radical (unpaired) electrons. The van der Waals surface area contributed by atoms with E-state index in [0.29, 0.717) is 24.4 Å². The van der Waals surface area contributed by atoms with Crippen LogP contribution in [0.4, 0.5) is 4.39 Å². The molecule has 0 unspecified atom stereocenters. The van der Waals surface area contributed by atoms with Crippen LogP contribution in [0.2, 0.25) is 0 Å². The predicted molar refractivity (Wildman–Crippen MR) is 69.5 cm³/mol. The molecule has 0 aliphatic heterocycles. The third kappa shape index (κ3) is 2.97. The van der Waals surface area contributed by atoms with Gasteiger partial charge in [0.25, 0.3) is 5.56 Å². The summed E-state index contributed by atoms with van der Waals surface area (Å²) in [4.78, 5) is 18.4. The van der Waals surface area contributed by atoms with Crippen molar-refractivity contribution in [1.29, 1.82) is 0 Å². The highest BCUT2D eigenvalue weighted by molar-refractivity contribution is 5.67. The van der Waals surface area contributed by atoms with E-state index in [-0.39, 0.29) is 11.4 Å². The van der Waals surface area contributed by atoms with E-state index in [2.05, 4.69) is 15.3 Å². The first-order valence-corrected chi connectivity index (χ1v) is 5.84. The van der Waals surface area contributed by atoms with Gasteiger partial charge in [0, 0.05) is 13.0 Å². The van der Waals surface area contributed by atoms with Gasteiger partial charge in [0.1, 0.15) is 17.2 Å². The summed E-state index contributed by atoms with van der Waals surface area (Å²) in [5, 5.41) is 12.8. The van der Waals surface area contributed by atoms with Gasteiger partial charge in [0.2, 0.25) is 5.88 Å². The number of hydrogen-bond donors (Lipinski definition) is 3. The van der Waals surface area contributed by atoms with Crippen LogP contribution < -0.4 is 10.9 Å². The van der Waals surface area contributed by atoms with Crippen molar-refractivity contribution in [3.05, 3.63) is 46.3 Å². The molecule has 1 aromatic heterocycles. The molecule has 0 spiro atoms. The van der Waals surface area contributed by atoms with Gasteiger partial charge in [0.15, 0.2) is 0 Å². The summed E-state index contributed by atoms with van der Waals surface area (Å²) in [7, 11) is 1.78. The lowest BCUT2D eigenvalue weighted by molar-refractivity contribution is 0.449. The van der Waals surface area contributed by atoms with Gasteiger partial charge in [-0.1, -0.05) is 12.1 Å². The molecule has 0 saturated heterocycles. The molecule has 2 rings (SSSR count). The number of aromatic nitrogens is 2. The smallest absolute Gasteiger partial charge is 0.262 e. The Kier molecular flexibility index (Phi) is 3.91. The van der Waals surface area contributed by atoms with E-state index < -0.39 is 11.4 Å². The van der Waals surface area contributed by atoms with Gasteiger partial charge in [-0.25, -0.2) is 4.39 Å². The third-order valence-corrected chi connectivity index (χ3v) is 2.67. The van der Waals surface area contributed by atoms with E-state index in [4.69, 9.17) is 0 Å². The minimum atomic E-state index is -0.482. The third-order valence-electron chi connectivity index (χ3n) is 2.67. The average molecular weight is 263 g/mol. The summed E-state index contributed by atoms with van der Waals surface area (Å²) < 4.78 is 13.1. The largest absolute Gasteiger partial charge is 0.493 e. The Labute approximate surface area is 109 Å². The van der Waals surface area contributed by atoms with Gasteiger partial charge in [-0.3, -0.25) is 4.79 Å². The second-order valence-corrected chi connectivity index (χ2v) is 4.08. The van der Waals surface area contributed by atoms with Crippen LogP contribution in [0.15, 0.2) is 29.1 Å². The lowest BCUT2D eigenvalue weighted by Crippen LogP contribution is -2.18. The fraction of sp³-hybridized carbons (Fsp3) is 0.231. The molecule has 3 N–H and O–H groups in total. The minimum Gasteiger partial charge on any atom is -0.493 e. The van der Waals surface area contributed by atoms with E-state index in [1.807, 2.05) is 0 Å². The fourth-order valence-corrected chi connectivity index (χ4v) is 1.77. The first-order valence-electron chi connectivity index (χ1n) is 5.84. The van der Waals surface area contributed by atoms with Crippen LogP contribution in [0.25, 0.3) is 11.1 Å². The van der Waals surface area contributed by atoms with Gasteiger partial charge in [0.05, 0.1) is 0 Å². The number of rotatable bonds is 4. The molecule has 0 aliphatic rings. The quantitative estimate of drug-likeness (QED) is 0.770. The van der Waals surface area contributed by atoms with Crippen molar-refractivity contribution in [2.75, 3.05) is 13.6 Å². The van der Waals surface area contributed by atoms with Crippen LogP contribution in [-0.2, 0) is 6.42 Å². The van der Waals surface area contributed by atoms with Crippen LogP contribution in [0, 0.1) is 5.82 Å². The number of likely N-dealkylation sites (N-methyl/N-ethyl adjacent to an activating group) is 1. The normalized spacial score (nSPS) is 10.6. The molecule has 6 heteroatoms. The Hall–Kier alpha value is -2.21. The van der Waals surface area contributed by atoms with Crippen molar-refractivity contribution >= 4 is 0 Å². The van der Waals surface area contributed by atoms with E-state index in [1.165, 1.54) is 18.2 Å². The lowest BCUT2D eigenvalue weighted by atomic mass is 10.1. The highest BCUT2D eigenvalue weighted by Gasteiger charge is 2.13. The van der Waals surface area contributed by atoms with E-state index >= 15 is 0 Å². The van der Waals surface area contributed by atoms with Gasteiger partial charge < -0.3 is 15.4 Å². The number of nitrogens with zero attached hydrogens (tertiary/aromatic N) is 1. The van der Waals surface area contributed by atoms with Crippen molar-refractivity contribution < 1.29 is 9.50 Å². The number of aromatic hydroxyl groups is 1. The van der Waals surface area contributed by atoms with Gasteiger partial charge >= 0.3 is 0 Å². The highest BCUT2D eigenvalue weighted by atomic mass is 19.1. The SMILES string of the molecule is CNCCc1nc(O)c(-c2cccc(F)c2)c(=O)[nH]1. The fourth-order valence-electron chi connectivity index (χ4n) is 1.77. The maximum atomic E-state index is 13.1. The Bertz CT molecular complexity index is 640. The van der Waals surface area contributed by atoms with Gasteiger partial charge in [-0.2, -0.15) is 4.98 Å². The number of nitrogens with one attached hydrogen (secondary N) is 2. The van der Waals surface area contributed by atoms with E-state index in [0.717, 1.165) is 0 Å². The highest BCUT2D eigenvalue weighted by Crippen LogP contribution is 2.23. The Balaban J connectivity index is 2.45. The Morgan fingerprint density at radius 2 is 2.26 bits per heavy atom. The van der Waals surface area contributed by atoms with Crippen LogP contribution in [0.5, 0.6) is 5.88 Å². The van der Waals surface area contributed by atoms with Crippen LogP contribution in [0.1, 0.15) is 5.82 Å². The molecular weight excluding hydrogens is 249 g/mol.